The van der Waals surface area contributed by atoms with Crippen molar-refractivity contribution in [2.24, 2.45) is 5.92 Å². The van der Waals surface area contributed by atoms with E-state index in [0.717, 1.165) is 36.9 Å². The highest BCUT2D eigenvalue weighted by atomic mass is 35.5. The molecule has 0 unspecified atom stereocenters. The summed E-state index contributed by atoms with van der Waals surface area (Å²) in [6.07, 6.45) is 4.98. The Kier molecular flexibility index (Phi) is 7.20. The van der Waals surface area contributed by atoms with E-state index in [1.807, 2.05) is 24.3 Å². The highest BCUT2D eigenvalue weighted by Gasteiger charge is 2.15. The van der Waals surface area contributed by atoms with Crippen LogP contribution in [0.2, 0.25) is 5.02 Å². The maximum Gasteiger partial charge on any atom is 0.220 e. The summed E-state index contributed by atoms with van der Waals surface area (Å²) in [5, 5.41) is 3.79. The van der Waals surface area contributed by atoms with E-state index in [4.69, 9.17) is 11.6 Å². The Labute approximate surface area is 139 Å². The van der Waals surface area contributed by atoms with Gasteiger partial charge in [0, 0.05) is 24.5 Å². The molecule has 3 nitrogen and oxygen atoms in total. The Hall–Kier alpha value is -1.06. The molecule has 2 rings (SSSR count). The number of amides is 1. The molecule has 0 bridgehead atoms. The SMILES string of the molecule is CC1CCN(CCNC(=O)CCCc2ccc(Cl)cc2)CC1. The molecule has 1 saturated heterocycles. The number of hydrogen-bond acceptors (Lipinski definition) is 2. The van der Waals surface area contributed by atoms with Gasteiger partial charge in [0.05, 0.1) is 0 Å². The third kappa shape index (κ3) is 6.37. The van der Waals surface area contributed by atoms with Gasteiger partial charge in [0.25, 0.3) is 0 Å². The van der Waals surface area contributed by atoms with Crippen LogP contribution in [0.5, 0.6) is 0 Å². The number of likely N-dealkylation sites (tertiary alicyclic amines) is 1. The van der Waals surface area contributed by atoms with Crippen LogP contribution in [0.1, 0.15) is 38.2 Å². The molecule has 0 saturated carbocycles. The predicted molar refractivity (Wildman–Crippen MR) is 92.2 cm³/mol. The van der Waals surface area contributed by atoms with Crippen LogP contribution >= 0.6 is 11.6 Å². The van der Waals surface area contributed by atoms with Gasteiger partial charge >= 0.3 is 0 Å². The fourth-order valence-electron chi connectivity index (χ4n) is 2.83. The number of piperidine rings is 1. The number of aryl methyl sites for hydroxylation is 1. The van der Waals surface area contributed by atoms with Crippen molar-refractivity contribution in [2.75, 3.05) is 26.2 Å². The highest BCUT2D eigenvalue weighted by molar-refractivity contribution is 6.30. The summed E-state index contributed by atoms with van der Waals surface area (Å²) in [5.41, 5.74) is 1.24. The minimum absolute atomic E-state index is 0.166. The molecule has 0 atom stereocenters. The van der Waals surface area contributed by atoms with Crippen LogP contribution in [-0.2, 0) is 11.2 Å². The maximum atomic E-state index is 11.8. The lowest BCUT2D eigenvalue weighted by Gasteiger charge is -2.30. The molecular weight excluding hydrogens is 296 g/mol. The number of carbonyl (C=O) groups excluding carboxylic acids is 1. The molecule has 22 heavy (non-hydrogen) atoms. The average molecular weight is 323 g/mol. The second kappa shape index (κ2) is 9.16. The zero-order valence-corrected chi connectivity index (χ0v) is 14.2. The minimum atomic E-state index is 0.166. The first-order chi connectivity index (χ1) is 10.6. The number of rotatable bonds is 7. The Morgan fingerprint density at radius 3 is 2.64 bits per heavy atom. The lowest BCUT2D eigenvalue weighted by Crippen LogP contribution is -2.39. The van der Waals surface area contributed by atoms with Crippen LogP contribution in [0.15, 0.2) is 24.3 Å². The number of carbonyl (C=O) groups is 1. The van der Waals surface area contributed by atoms with Crippen molar-refractivity contribution in [1.82, 2.24) is 10.2 Å². The van der Waals surface area contributed by atoms with Gasteiger partial charge in [-0.05, 0) is 62.4 Å². The molecule has 1 fully saturated rings. The van der Waals surface area contributed by atoms with E-state index in [0.29, 0.717) is 6.42 Å². The van der Waals surface area contributed by atoms with E-state index in [2.05, 4.69) is 17.1 Å². The minimum Gasteiger partial charge on any atom is -0.355 e. The molecule has 1 aromatic carbocycles. The Morgan fingerprint density at radius 2 is 1.95 bits per heavy atom. The van der Waals surface area contributed by atoms with Crippen molar-refractivity contribution in [1.29, 1.82) is 0 Å². The van der Waals surface area contributed by atoms with Gasteiger partial charge in [-0.2, -0.15) is 0 Å². The third-order valence-electron chi connectivity index (χ3n) is 4.41. The fraction of sp³-hybridized carbons (Fsp3) is 0.611. The number of halogens is 1. The monoisotopic (exact) mass is 322 g/mol. The largest absolute Gasteiger partial charge is 0.355 e. The normalized spacial score (nSPS) is 16.6. The second-order valence-corrected chi connectivity index (χ2v) is 6.79. The molecule has 0 radical (unpaired) electrons. The topological polar surface area (TPSA) is 32.3 Å². The fourth-order valence-corrected chi connectivity index (χ4v) is 2.96. The summed E-state index contributed by atoms with van der Waals surface area (Å²) >= 11 is 5.86. The first-order valence-corrected chi connectivity index (χ1v) is 8.75. The van der Waals surface area contributed by atoms with E-state index in [9.17, 15) is 4.79 Å². The molecule has 1 heterocycles. The van der Waals surface area contributed by atoms with Crippen LogP contribution in [0, 0.1) is 5.92 Å². The summed E-state index contributed by atoms with van der Waals surface area (Å²) in [7, 11) is 0. The molecule has 1 N–H and O–H groups in total. The van der Waals surface area contributed by atoms with Gasteiger partial charge in [0.2, 0.25) is 5.91 Å². The van der Waals surface area contributed by atoms with Crippen molar-refractivity contribution in [3.05, 3.63) is 34.9 Å². The maximum absolute atomic E-state index is 11.8. The zero-order valence-electron chi connectivity index (χ0n) is 13.5. The molecule has 0 spiro atoms. The van der Waals surface area contributed by atoms with Gasteiger partial charge in [-0.1, -0.05) is 30.7 Å². The van der Waals surface area contributed by atoms with Crippen molar-refractivity contribution < 1.29 is 4.79 Å². The van der Waals surface area contributed by atoms with Crippen molar-refractivity contribution in [2.45, 2.75) is 39.0 Å². The smallest absolute Gasteiger partial charge is 0.220 e. The first kappa shape index (κ1) is 17.3. The standard InChI is InChI=1S/C18H27ClN2O/c1-15-9-12-21(13-10-15)14-11-20-18(22)4-2-3-16-5-7-17(19)8-6-16/h5-8,15H,2-4,9-14H2,1H3,(H,20,22). The Bertz CT molecular complexity index is 453. The molecular formula is C18H27ClN2O. The second-order valence-electron chi connectivity index (χ2n) is 6.35. The van der Waals surface area contributed by atoms with E-state index in [1.165, 1.54) is 31.5 Å². The van der Waals surface area contributed by atoms with Crippen molar-refractivity contribution in [3.63, 3.8) is 0 Å². The van der Waals surface area contributed by atoms with E-state index in [-0.39, 0.29) is 5.91 Å². The van der Waals surface area contributed by atoms with E-state index < -0.39 is 0 Å². The summed E-state index contributed by atoms with van der Waals surface area (Å²) in [5.74, 6) is 1.03. The molecule has 1 aromatic rings. The van der Waals surface area contributed by atoms with Gasteiger partial charge < -0.3 is 10.2 Å². The molecule has 1 aliphatic rings. The number of nitrogens with one attached hydrogen (secondary N) is 1. The molecule has 4 heteroatoms. The lowest BCUT2D eigenvalue weighted by atomic mass is 9.99. The Morgan fingerprint density at radius 1 is 1.27 bits per heavy atom. The third-order valence-corrected chi connectivity index (χ3v) is 4.66. The van der Waals surface area contributed by atoms with Gasteiger partial charge in [0.15, 0.2) is 0 Å². The van der Waals surface area contributed by atoms with Crippen LogP contribution in [0.25, 0.3) is 0 Å². The van der Waals surface area contributed by atoms with Crippen LogP contribution in [0.4, 0.5) is 0 Å². The average Bonchev–Trinajstić information content (AvgIpc) is 2.51. The van der Waals surface area contributed by atoms with Crippen molar-refractivity contribution in [3.8, 4) is 0 Å². The van der Waals surface area contributed by atoms with Crippen LogP contribution in [-0.4, -0.2) is 37.0 Å². The predicted octanol–water partition coefficient (Wildman–Crippen LogP) is 3.51. The van der Waals surface area contributed by atoms with Crippen molar-refractivity contribution >= 4 is 17.5 Å². The summed E-state index contributed by atoms with van der Waals surface area (Å²) in [6, 6.07) is 7.85. The van der Waals surface area contributed by atoms with E-state index in [1.54, 1.807) is 0 Å². The number of benzene rings is 1. The molecule has 1 aliphatic heterocycles. The summed E-state index contributed by atoms with van der Waals surface area (Å²) in [4.78, 5) is 14.3. The van der Waals surface area contributed by atoms with Gasteiger partial charge in [0.1, 0.15) is 0 Å². The van der Waals surface area contributed by atoms with E-state index >= 15 is 0 Å². The Balaban J connectivity index is 1.53. The van der Waals surface area contributed by atoms with Gasteiger partial charge in [-0.25, -0.2) is 0 Å². The van der Waals surface area contributed by atoms with Gasteiger partial charge in [-0.3, -0.25) is 4.79 Å². The molecule has 0 aliphatic carbocycles. The molecule has 122 valence electrons. The van der Waals surface area contributed by atoms with Gasteiger partial charge in [-0.15, -0.1) is 0 Å². The van der Waals surface area contributed by atoms with Crippen LogP contribution in [0.3, 0.4) is 0 Å². The molecule has 0 aromatic heterocycles. The summed E-state index contributed by atoms with van der Waals surface area (Å²) < 4.78 is 0. The summed E-state index contributed by atoms with van der Waals surface area (Å²) in [6.45, 7) is 6.42. The lowest BCUT2D eigenvalue weighted by molar-refractivity contribution is -0.121. The zero-order chi connectivity index (χ0) is 15.8. The first-order valence-electron chi connectivity index (χ1n) is 8.37. The number of nitrogens with zero attached hydrogens (tertiary/aromatic N) is 1. The quantitative estimate of drug-likeness (QED) is 0.833. The number of hydrogen-bond donors (Lipinski definition) is 1. The van der Waals surface area contributed by atoms with Crippen LogP contribution < -0.4 is 5.32 Å². The molecule has 1 amide bonds. The highest BCUT2D eigenvalue weighted by Crippen LogP contribution is 2.15.